The van der Waals surface area contributed by atoms with Crippen molar-refractivity contribution in [2.75, 3.05) is 0 Å². The molecule has 0 spiro atoms. The van der Waals surface area contributed by atoms with E-state index in [1.807, 2.05) is 0 Å². The third kappa shape index (κ3) is 4.86. The third-order valence-corrected chi connectivity index (χ3v) is 4.21. The van der Waals surface area contributed by atoms with Crippen LogP contribution in [0.15, 0.2) is 43.0 Å². The van der Waals surface area contributed by atoms with Gasteiger partial charge in [0.25, 0.3) is 5.91 Å². The highest BCUT2D eigenvalue weighted by Crippen LogP contribution is 2.31. The molecule has 2 heterocycles. The molecule has 1 amide bonds. The number of aromatic nitrogens is 4. The van der Waals surface area contributed by atoms with Gasteiger partial charge in [0.1, 0.15) is 16.5 Å². The number of hydrogen-bond acceptors (Lipinski definition) is 5. The zero-order valence-electron chi connectivity index (χ0n) is 15.3. The normalized spacial score (nSPS) is 12.5. The van der Waals surface area contributed by atoms with Crippen molar-refractivity contribution in [1.82, 2.24) is 25.3 Å². The predicted molar refractivity (Wildman–Crippen MR) is 100 cm³/mol. The molecular weight excluding hydrogens is 407 g/mol. The average molecular weight is 422 g/mol. The fourth-order valence-electron chi connectivity index (χ4n) is 2.72. The van der Waals surface area contributed by atoms with Crippen molar-refractivity contribution in [2.45, 2.75) is 26.1 Å². The first-order valence-electron chi connectivity index (χ1n) is 8.43. The van der Waals surface area contributed by atoms with Crippen LogP contribution < -0.4 is 5.32 Å². The number of carbonyl (C=O) groups excluding carboxylic acids is 1. The second kappa shape index (κ2) is 8.12. The van der Waals surface area contributed by atoms with Crippen LogP contribution in [0.3, 0.4) is 0 Å². The summed E-state index contributed by atoms with van der Waals surface area (Å²) in [5, 5.41) is 2.87. The first-order valence-corrected chi connectivity index (χ1v) is 8.81. The summed E-state index contributed by atoms with van der Waals surface area (Å²) in [5.41, 5.74) is 0.515. The van der Waals surface area contributed by atoms with Crippen LogP contribution in [-0.2, 0) is 6.18 Å². The van der Waals surface area contributed by atoms with Gasteiger partial charge in [-0.2, -0.15) is 13.2 Å². The number of rotatable bonds is 4. The molecule has 0 saturated heterocycles. The van der Waals surface area contributed by atoms with Gasteiger partial charge >= 0.3 is 6.18 Å². The molecule has 3 aromatic rings. The number of aryl methyl sites for hydroxylation is 1. The highest BCUT2D eigenvalue weighted by atomic mass is 35.5. The molecule has 10 heteroatoms. The Morgan fingerprint density at radius 1 is 1.07 bits per heavy atom. The second-order valence-electron chi connectivity index (χ2n) is 6.30. The fourth-order valence-corrected chi connectivity index (χ4v) is 2.82. The van der Waals surface area contributed by atoms with E-state index in [0.717, 1.165) is 12.1 Å². The minimum absolute atomic E-state index is 0.0964. The van der Waals surface area contributed by atoms with Crippen molar-refractivity contribution < 1.29 is 18.0 Å². The number of carbonyl (C=O) groups is 1. The minimum Gasteiger partial charge on any atom is -0.344 e. The lowest BCUT2D eigenvalue weighted by Gasteiger charge is -2.17. The number of halogens is 4. The van der Waals surface area contributed by atoms with E-state index in [-0.39, 0.29) is 10.7 Å². The van der Waals surface area contributed by atoms with E-state index in [4.69, 9.17) is 11.6 Å². The summed E-state index contributed by atoms with van der Waals surface area (Å²) in [6, 6.07) is 2.54. The van der Waals surface area contributed by atoms with E-state index in [1.165, 1.54) is 37.8 Å². The number of alkyl halides is 3. The van der Waals surface area contributed by atoms with E-state index >= 15 is 0 Å². The Labute approximate surface area is 169 Å². The minimum atomic E-state index is -4.54. The van der Waals surface area contributed by atoms with Crippen molar-refractivity contribution in [3.63, 3.8) is 0 Å². The Bertz CT molecular complexity index is 1040. The summed E-state index contributed by atoms with van der Waals surface area (Å²) in [4.78, 5) is 29.1. The maximum Gasteiger partial charge on any atom is 0.416 e. The summed E-state index contributed by atoms with van der Waals surface area (Å²) < 4.78 is 39.1. The van der Waals surface area contributed by atoms with Gasteiger partial charge in [0.05, 0.1) is 29.7 Å². The maximum absolute atomic E-state index is 13.0. The summed E-state index contributed by atoms with van der Waals surface area (Å²) in [7, 11) is 0. The number of amides is 1. The zero-order valence-corrected chi connectivity index (χ0v) is 16.1. The van der Waals surface area contributed by atoms with E-state index in [2.05, 4.69) is 25.3 Å². The highest BCUT2D eigenvalue weighted by molar-refractivity contribution is 6.29. The standard InChI is InChI=1S/C19H15ClF3N5O/c1-10-5-12(7-13(6-10)19(21,22)23)18(29)28-11(2)16-17(25-4-3-24-16)14-8-27-15(20)9-26-14/h3-9,11H,1-2H3,(H,28,29). The lowest BCUT2D eigenvalue weighted by atomic mass is 10.0. The van der Waals surface area contributed by atoms with Gasteiger partial charge < -0.3 is 5.32 Å². The lowest BCUT2D eigenvalue weighted by molar-refractivity contribution is -0.137. The molecule has 2 aromatic heterocycles. The van der Waals surface area contributed by atoms with E-state index in [9.17, 15) is 18.0 Å². The van der Waals surface area contributed by atoms with E-state index < -0.39 is 23.7 Å². The van der Waals surface area contributed by atoms with Gasteiger partial charge in [0, 0.05) is 18.0 Å². The SMILES string of the molecule is Cc1cc(C(=O)NC(C)c2nccnc2-c2cnc(Cl)cn2)cc(C(F)(F)F)c1. The Kier molecular flexibility index (Phi) is 5.78. The Balaban J connectivity index is 1.88. The predicted octanol–water partition coefficient (Wildman–Crippen LogP) is 4.41. The number of hydrogen-bond donors (Lipinski definition) is 1. The van der Waals surface area contributed by atoms with Crippen LogP contribution in [0.5, 0.6) is 0 Å². The van der Waals surface area contributed by atoms with Gasteiger partial charge in [-0.1, -0.05) is 11.6 Å². The molecule has 0 aliphatic carbocycles. The molecule has 1 atom stereocenters. The van der Waals surface area contributed by atoms with E-state index in [1.54, 1.807) is 6.92 Å². The number of nitrogens with one attached hydrogen (secondary N) is 1. The molecule has 29 heavy (non-hydrogen) atoms. The Morgan fingerprint density at radius 2 is 1.79 bits per heavy atom. The number of benzene rings is 1. The molecule has 1 aromatic carbocycles. The van der Waals surface area contributed by atoms with Gasteiger partial charge in [-0.3, -0.25) is 14.8 Å². The molecule has 0 bridgehead atoms. The highest BCUT2D eigenvalue weighted by Gasteiger charge is 2.31. The van der Waals surface area contributed by atoms with Gasteiger partial charge in [0.15, 0.2) is 0 Å². The smallest absolute Gasteiger partial charge is 0.344 e. The van der Waals surface area contributed by atoms with Crippen LogP contribution >= 0.6 is 11.6 Å². The van der Waals surface area contributed by atoms with Crippen molar-refractivity contribution >= 4 is 17.5 Å². The molecule has 0 saturated carbocycles. The molecule has 0 fully saturated rings. The van der Waals surface area contributed by atoms with Crippen LogP contribution in [0.25, 0.3) is 11.4 Å². The van der Waals surface area contributed by atoms with Crippen LogP contribution in [-0.4, -0.2) is 25.8 Å². The average Bonchev–Trinajstić information content (AvgIpc) is 2.67. The Morgan fingerprint density at radius 3 is 2.45 bits per heavy atom. The van der Waals surface area contributed by atoms with E-state index in [0.29, 0.717) is 22.6 Å². The first-order chi connectivity index (χ1) is 13.6. The molecular formula is C19H15ClF3N5O. The van der Waals surface area contributed by atoms with Crippen LogP contribution in [0.2, 0.25) is 5.15 Å². The number of nitrogens with zero attached hydrogens (tertiary/aromatic N) is 4. The second-order valence-corrected chi connectivity index (χ2v) is 6.68. The van der Waals surface area contributed by atoms with Gasteiger partial charge in [-0.05, 0) is 37.6 Å². The molecule has 6 nitrogen and oxygen atoms in total. The molecule has 3 rings (SSSR count). The van der Waals surface area contributed by atoms with Crippen molar-refractivity contribution in [2.24, 2.45) is 0 Å². The van der Waals surface area contributed by atoms with Crippen molar-refractivity contribution in [1.29, 1.82) is 0 Å². The molecule has 0 aliphatic heterocycles. The first kappa shape index (κ1) is 20.7. The van der Waals surface area contributed by atoms with Crippen LogP contribution in [0, 0.1) is 6.92 Å². The van der Waals surface area contributed by atoms with Gasteiger partial charge in [0.2, 0.25) is 0 Å². The summed E-state index contributed by atoms with van der Waals surface area (Å²) in [6.45, 7) is 3.14. The topological polar surface area (TPSA) is 80.7 Å². The Hall–Kier alpha value is -3.07. The third-order valence-electron chi connectivity index (χ3n) is 4.01. The largest absolute Gasteiger partial charge is 0.416 e. The van der Waals surface area contributed by atoms with Crippen LogP contribution in [0.1, 0.15) is 40.1 Å². The molecule has 0 radical (unpaired) electrons. The van der Waals surface area contributed by atoms with Gasteiger partial charge in [-0.15, -0.1) is 0 Å². The maximum atomic E-state index is 13.0. The quantitative estimate of drug-likeness (QED) is 0.675. The molecule has 150 valence electrons. The summed E-state index contributed by atoms with van der Waals surface area (Å²) in [5.74, 6) is -0.662. The van der Waals surface area contributed by atoms with Crippen molar-refractivity contribution in [3.05, 3.63) is 70.5 Å². The lowest BCUT2D eigenvalue weighted by Crippen LogP contribution is -2.28. The van der Waals surface area contributed by atoms with Crippen molar-refractivity contribution in [3.8, 4) is 11.4 Å². The monoisotopic (exact) mass is 421 g/mol. The molecule has 0 aliphatic rings. The van der Waals surface area contributed by atoms with Gasteiger partial charge in [-0.25, -0.2) is 9.97 Å². The summed E-state index contributed by atoms with van der Waals surface area (Å²) >= 11 is 5.75. The summed E-state index contributed by atoms with van der Waals surface area (Å²) in [6.07, 6.45) is 1.13. The molecule has 1 unspecified atom stereocenters. The fraction of sp³-hybridized carbons (Fsp3) is 0.211. The zero-order chi connectivity index (χ0) is 21.2. The van der Waals surface area contributed by atoms with Crippen LogP contribution in [0.4, 0.5) is 13.2 Å². The molecule has 1 N–H and O–H groups in total.